The number of carbonyl (C=O) groups is 2. The summed E-state index contributed by atoms with van der Waals surface area (Å²) in [5.74, 6) is 0.255. The highest BCUT2D eigenvalue weighted by molar-refractivity contribution is 5.97. The summed E-state index contributed by atoms with van der Waals surface area (Å²) >= 11 is 0. The molecule has 0 aliphatic carbocycles. The lowest BCUT2D eigenvalue weighted by atomic mass is 10.1. The molecule has 2 aromatic carbocycles. The highest BCUT2D eigenvalue weighted by Crippen LogP contribution is 2.16. The number of Topliss-reactive ketones (excluding diaryl/α,β-unsaturated/α-hetero) is 1. The number of ketones is 1. The minimum Gasteiger partial charge on any atom is -0.494 e. The van der Waals surface area contributed by atoms with E-state index in [0.717, 1.165) is 28.6 Å². The first kappa shape index (κ1) is 18.6. The van der Waals surface area contributed by atoms with Crippen LogP contribution in [0.5, 0.6) is 5.75 Å². The number of rotatable bonds is 9. The number of fused-ring (bicyclic) bond motifs is 1. The van der Waals surface area contributed by atoms with E-state index < -0.39 is 5.97 Å². The smallest absolute Gasteiger partial charge is 0.306 e. The zero-order chi connectivity index (χ0) is 19.1. The Kier molecular flexibility index (Phi) is 6.20. The first-order valence-corrected chi connectivity index (χ1v) is 8.99. The van der Waals surface area contributed by atoms with E-state index in [2.05, 4.69) is 10.2 Å². The molecule has 0 radical (unpaired) electrons. The van der Waals surface area contributed by atoms with Crippen molar-refractivity contribution in [3.05, 3.63) is 59.8 Å². The summed E-state index contributed by atoms with van der Waals surface area (Å²) in [6, 6.07) is 12.7. The second-order valence-corrected chi connectivity index (χ2v) is 6.25. The Hall–Kier alpha value is -3.15. The second kappa shape index (κ2) is 8.98. The number of esters is 1. The van der Waals surface area contributed by atoms with E-state index in [1.807, 2.05) is 25.1 Å². The molecule has 0 aliphatic rings. The van der Waals surface area contributed by atoms with Gasteiger partial charge in [-0.3, -0.25) is 14.7 Å². The van der Waals surface area contributed by atoms with Gasteiger partial charge < -0.3 is 9.47 Å². The van der Waals surface area contributed by atoms with Gasteiger partial charge in [0.25, 0.3) is 0 Å². The highest BCUT2D eigenvalue weighted by atomic mass is 16.5. The number of carbonyl (C=O) groups excluding carboxylic acids is 2. The summed E-state index contributed by atoms with van der Waals surface area (Å²) in [4.78, 5) is 24.1. The maximum absolute atomic E-state index is 12.2. The Morgan fingerprint density at radius 1 is 1.07 bits per heavy atom. The Morgan fingerprint density at radius 3 is 2.67 bits per heavy atom. The van der Waals surface area contributed by atoms with Crippen LogP contribution in [0.4, 0.5) is 0 Å². The van der Waals surface area contributed by atoms with Crippen LogP contribution in [0.25, 0.3) is 10.9 Å². The van der Waals surface area contributed by atoms with E-state index in [-0.39, 0.29) is 25.2 Å². The minimum atomic E-state index is -0.393. The van der Waals surface area contributed by atoms with Crippen molar-refractivity contribution in [1.29, 1.82) is 0 Å². The zero-order valence-corrected chi connectivity index (χ0v) is 15.2. The van der Waals surface area contributed by atoms with Gasteiger partial charge >= 0.3 is 5.97 Å². The van der Waals surface area contributed by atoms with Gasteiger partial charge in [0.1, 0.15) is 12.4 Å². The molecular formula is C21H22N2O4. The predicted octanol–water partition coefficient (Wildman–Crippen LogP) is 4.06. The fraction of sp³-hybridized carbons (Fsp3) is 0.286. The standard InChI is InChI=1S/C21H22N2O4/c1-2-11-26-18-7-5-16(6-8-18)20(24)9-10-21(25)27-14-15-3-4-17-13-22-23-19(17)12-15/h3-8,12-13H,2,9-11,14H2,1H3,(H,22,23). The summed E-state index contributed by atoms with van der Waals surface area (Å²) in [5, 5.41) is 7.84. The average Bonchev–Trinajstić information content (AvgIpc) is 3.17. The van der Waals surface area contributed by atoms with Gasteiger partial charge in [0.05, 0.1) is 24.7 Å². The Bertz CT molecular complexity index is 915. The number of hydrogen-bond donors (Lipinski definition) is 1. The molecule has 0 aliphatic heterocycles. The topological polar surface area (TPSA) is 81.3 Å². The average molecular weight is 366 g/mol. The zero-order valence-electron chi connectivity index (χ0n) is 15.2. The van der Waals surface area contributed by atoms with Gasteiger partial charge in [-0.1, -0.05) is 19.1 Å². The van der Waals surface area contributed by atoms with Crippen LogP contribution in [0.3, 0.4) is 0 Å². The lowest BCUT2D eigenvalue weighted by Gasteiger charge is -2.06. The second-order valence-electron chi connectivity index (χ2n) is 6.25. The molecule has 0 saturated heterocycles. The molecule has 0 fully saturated rings. The van der Waals surface area contributed by atoms with E-state index in [1.165, 1.54) is 0 Å². The van der Waals surface area contributed by atoms with Crippen molar-refractivity contribution in [3.8, 4) is 5.75 Å². The molecule has 0 atom stereocenters. The Morgan fingerprint density at radius 2 is 1.89 bits per heavy atom. The number of benzene rings is 2. The lowest BCUT2D eigenvalue weighted by Crippen LogP contribution is -2.08. The van der Waals surface area contributed by atoms with Crippen LogP contribution in [0.1, 0.15) is 42.1 Å². The molecule has 1 aromatic heterocycles. The van der Waals surface area contributed by atoms with Gasteiger partial charge in [-0.2, -0.15) is 5.10 Å². The number of hydrogen-bond acceptors (Lipinski definition) is 5. The third kappa shape index (κ3) is 5.17. The van der Waals surface area contributed by atoms with Gasteiger partial charge in [-0.15, -0.1) is 0 Å². The van der Waals surface area contributed by atoms with E-state index in [4.69, 9.17) is 9.47 Å². The van der Waals surface area contributed by atoms with Crippen molar-refractivity contribution in [3.63, 3.8) is 0 Å². The van der Waals surface area contributed by atoms with Crippen LogP contribution in [-0.4, -0.2) is 28.6 Å². The third-order valence-electron chi connectivity index (χ3n) is 4.11. The van der Waals surface area contributed by atoms with Crippen molar-refractivity contribution in [2.24, 2.45) is 0 Å². The van der Waals surface area contributed by atoms with Crippen LogP contribution in [0, 0.1) is 0 Å². The lowest BCUT2D eigenvalue weighted by molar-refractivity contribution is -0.144. The van der Waals surface area contributed by atoms with Gasteiger partial charge in [0.2, 0.25) is 0 Å². The SMILES string of the molecule is CCCOc1ccc(C(=O)CCC(=O)OCc2ccc3cn[nH]c3c2)cc1. The first-order valence-electron chi connectivity index (χ1n) is 8.99. The van der Waals surface area contributed by atoms with E-state index in [9.17, 15) is 9.59 Å². The maximum atomic E-state index is 12.2. The molecule has 140 valence electrons. The van der Waals surface area contributed by atoms with Gasteiger partial charge in [-0.05, 0) is 42.3 Å². The molecule has 0 bridgehead atoms. The van der Waals surface area contributed by atoms with Gasteiger partial charge in [0, 0.05) is 17.4 Å². The largest absolute Gasteiger partial charge is 0.494 e. The third-order valence-corrected chi connectivity index (χ3v) is 4.11. The number of H-pyrrole nitrogens is 1. The van der Waals surface area contributed by atoms with E-state index >= 15 is 0 Å². The number of ether oxygens (including phenoxy) is 2. The van der Waals surface area contributed by atoms with Crippen LogP contribution < -0.4 is 4.74 Å². The molecule has 0 unspecified atom stereocenters. The molecule has 6 nitrogen and oxygen atoms in total. The van der Waals surface area contributed by atoms with Crippen LogP contribution in [0.15, 0.2) is 48.7 Å². The molecule has 0 spiro atoms. The summed E-state index contributed by atoms with van der Waals surface area (Å²) in [6.45, 7) is 2.85. The van der Waals surface area contributed by atoms with Gasteiger partial charge in [0.15, 0.2) is 5.78 Å². The van der Waals surface area contributed by atoms with Crippen molar-refractivity contribution < 1.29 is 19.1 Å². The molecule has 0 saturated carbocycles. The summed E-state index contributed by atoms with van der Waals surface area (Å²) in [5.41, 5.74) is 2.33. The minimum absolute atomic E-state index is 0.0548. The van der Waals surface area contributed by atoms with Crippen molar-refractivity contribution >= 4 is 22.7 Å². The fourth-order valence-electron chi connectivity index (χ4n) is 2.63. The molecule has 1 heterocycles. The van der Waals surface area contributed by atoms with Crippen molar-refractivity contribution in [1.82, 2.24) is 10.2 Å². The van der Waals surface area contributed by atoms with Crippen LogP contribution >= 0.6 is 0 Å². The quantitative estimate of drug-likeness (QED) is 0.456. The summed E-state index contributed by atoms with van der Waals surface area (Å²) in [6.07, 6.45) is 2.84. The van der Waals surface area contributed by atoms with E-state index in [0.29, 0.717) is 12.2 Å². The highest BCUT2D eigenvalue weighted by Gasteiger charge is 2.11. The Labute approximate surface area is 157 Å². The van der Waals surface area contributed by atoms with E-state index in [1.54, 1.807) is 30.5 Å². The number of aromatic amines is 1. The fourth-order valence-corrected chi connectivity index (χ4v) is 2.63. The first-order chi connectivity index (χ1) is 13.2. The summed E-state index contributed by atoms with van der Waals surface area (Å²) in [7, 11) is 0. The molecule has 0 amide bonds. The number of aromatic nitrogens is 2. The molecule has 3 rings (SSSR count). The molecular weight excluding hydrogens is 344 g/mol. The molecule has 3 aromatic rings. The monoisotopic (exact) mass is 366 g/mol. The molecule has 6 heteroatoms. The van der Waals surface area contributed by atoms with Crippen LogP contribution in [-0.2, 0) is 16.1 Å². The predicted molar refractivity (Wildman–Crippen MR) is 102 cm³/mol. The van der Waals surface area contributed by atoms with Crippen LogP contribution in [0.2, 0.25) is 0 Å². The maximum Gasteiger partial charge on any atom is 0.306 e. The normalized spacial score (nSPS) is 10.7. The van der Waals surface area contributed by atoms with Gasteiger partial charge in [-0.25, -0.2) is 0 Å². The van der Waals surface area contributed by atoms with Crippen molar-refractivity contribution in [2.75, 3.05) is 6.61 Å². The van der Waals surface area contributed by atoms with Crippen molar-refractivity contribution in [2.45, 2.75) is 32.8 Å². The molecule has 1 N–H and O–H groups in total. The summed E-state index contributed by atoms with van der Waals surface area (Å²) < 4.78 is 10.7. The number of nitrogens with zero attached hydrogens (tertiary/aromatic N) is 1. The molecule has 27 heavy (non-hydrogen) atoms. The number of nitrogens with one attached hydrogen (secondary N) is 1. The Balaban J connectivity index is 1.44.